The van der Waals surface area contributed by atoms with E-state index in [1.807, 2.05) is 22.6 Å². The molecule has 0 aliphatic rings. The molecule has 0 spiro atoms. The fourth-order valence-electron chi connectivity index (χ4n) is 0.934. The molecule has 0 radical (unpaired) electrons. The lowest BCUT2D eigenvalue weighted by Crippen LogP contribution is -2.26. The number of rotatable bonds is 4. The van der Waals surface area contributed by atoms with Crippen LogP contribution in [0, 0.1) is 3.57 Å². The smallest absolute Gasteiger partial charge is 0.370 e. The molecule has 1 rings (SSSR count). The topological polar surface area (TPSA) is 44.1 Å². The molecule has 0 atom stereocenters. The third-order valence-corrected chi connectivity index (χ3v) is 2.34. The Morgan fingerprint density at radius 3 is 2.81 bits per heavy atom. The predicted molar refractivity (Wildman–Crippen MR) is 58.1 cm³/mol. The monoisotopic (exact) mass is 348 g/mol. The second-order valence-corrected chi connectivity index (χ2v) is 4.07. The summed E-state index contributed by atoms with van der Waals surface area (Å²) in [5.41, 5.74) is -0.286. The zero-order valence-electron chi connectivity index (χ0n) is 8.00. The van der Waals surface area contributed by atoms with E-state index in [0.29, 0.717) is 3.57 Å². The van der Waals surface area contributed by atoms with Crippen molar-refractivity contribution in [3.05, 3.63) is 26.4 Å². The van der Waals surface area contributed by atoms with Crippen LogP contribution < -0.4 is 5.56 Å². The molecule has 0 saturated heterocycles. The molecule has 1 heterocycles. The first kappa shape index (κ1) is 13.4. The van der Waals surface area contributed by atoms with Gasteiger partial charge in [-0.3, -0.25) is 9.36 Å². The third-order valence-electron chi connectivity index (χ3n) is 1.60. The van der Waals surface area contributed by atoms with E-state index >= 15 is 0 Å². The number of hydrogen-bond donors (Lipinski definition) is 0. The molecule has 1 aromatic heterocycles. The van der Waals surface area contributed by atoms with Crippen molar-refractivity contribution in [3.8, 4) is 0 Å². The normalized spacial score (nSPS) is 11.8. The van der Waals surface area contributed by atoms with E-state index in [1.165, 1.54) is 17.1 Å². The summed E-state index contributed by atoms with van der Waals surface area (Å²) in [4.78, 5) is 15.1. The maximum atomic E-state index is 11.7. The minimum Gasteiger partial charge on any atom is -0.370 e. The van der Waals surface area contributed by atoms with Crippen molar-refractivity contribution < 1.29 is 17.9 Å². The van der Waals surface area contributed by atoms with Gasteiger partial charge in [-0.05, 0) is 22.6 Å². The van der Waals surface area contributed by atoms with Crippen molar-refractivity contribution in [3.63, 3.8) is 0 Å². The Labute approximate surface area is 103 Å². The highest BCUT2D eigenvalue weighted by molar-refractivity contribution is 14.1. The molecule has 0 saturated carbocycles. The van der Waals surface area contributed by atoms with Crippen LogP contribution >= 0.6 is 22.6 Å². The van der Waals surface area contributed by atoms with Gasteiger partial charge in [-0.25, -0.2) is 4.98 Å². The average Bonchev–Trinajstić information content (AvgIpc) is 2.17. The summed E-state index contributed by atoms with van der Waals surface area (Å²) in [5, 5.41) is 0. The Morgan fingerprint density at radius 1 is 1.50 bits per heavy atom. The number of hydrogen-bond acceptors (Lipinski definition) is 3. The van der Waals surface area contributed by atoms with Crippen LogP contribution in [-0.2, 0) is 11.3 Å². The summed E-state index contributed by atoms with van der Waals surface area (Å²) in [5.74, 6) is 0. The van der Waals surface area contributed by atoms with Gasteiger partial charge in [0.25, 0.3) is 5.56 Å². The second kappa shape index (κ2) is 5.62. The summed E-state index contributed by atoms with van der Waals surface area (Å²) >= 11 is 1.81. The molecule has 1 aromatic rings. The maximum Gasteiger partial charge on any atom is 0.411 e. The largest absolute Gasteiger partial charge is 0.411 e. The number of ether oxygens (including phenoxy) is 1. The van der Waals surface area contributed by atoms with Gasteiger partial charge in [0.05, 0.1) is 23.0 Å². The number of aromatic nitrogens is 2. The first-order valence-electron chi connectivity index (χ1n) is 4.24. The molecule has 0 N–H and O–H groups in total. The molecule has 0 aliphatic carbocycles. The third kappa shape index (κ3) is 4.47. The summed E-state index contributed by atoms with van der Waals surface area (Å²) in [6.45, 7) is -1.43. The fourth-order valence-corrected chi connectivity index (χ4v) is 1.40. The zero-order chi connectivity index (χ0) is 12.2. The highest BCUT2D eigenvalue weighted by atomic mass is 127. The minimum atomic E-state index is -4.34. The van der Waals surface area contributed by atoms with Gasteiger partial charge in [0.2, 0.25) is 0 Å². The maximum absolute atomic E-state index is 11.7. The van der Waals surface area contributed by atoms with Crippen LogP contribution in [0.4, 0.5) is 13.2 Å². The van der Waals surface area contributed by atoms with Gasteiger partial charge in [-0.2, -0.15) is 13.2 Å². The van der Waals surface area contributed by atoms with Gasteiger partial charge in [-0.15, -0.1) is 0 Å². The van der Waals surface area contributed by atoms with Crippen LogP contribution in [0.15, 0.2) is 17.3 Å². The molecule has 0 bridgehead atoms. The van der Waals surface area contributed by atoms with Crippen molar-refractivity contribution in [1.29, 1.82) is 0 Å². The molecule has 4 nitrogen and oxygen atoms in total. The van der Waals surface area contributed by atoms with Gasteiger partial charge in [0.1, 0.15) is 6.61 Å². The highest BCUT2D eigenvalue weighted by Crippen LogP contribution is 2.14. The molecule has 90 valence electrons. The molecule has 0 aromatic carbocycles. The minimum absolute atomic E-state index is 0.0543. The molecule has 0 amide bonds. The Morgan fingerprint density at radius 2 is 2.19 bits per heavy atom. The van der Waals surface area contributed by atoms with Crippen molar-refractivity contribution in [2.75, 3.05) is 13.2 Å². The lowest BCUT2D eigenvalue weighted by molar-refractivity contribution is -0.174. The van der Waals surface area contributed by atoms with Gasteiger partial charge < -0.3 is 4.74 Å². The molecule has 0 aliphatic heterocycles. The Hall–Kier alpha value is -0.640. The van der Waals surface area contributed by atoms with E-state index in [0.717, 1.165) is 0 Å². The van der Waals surface area contributed by atoms with E-state index in [4.69, 9.17) is 0 Å². The summed E-state index contributed by atoms with van der Waals surface area (Å²) in [6, 6.07) is 0. The van der Waals surface area contributed by atoms with Crippen LogP contribution in [-0.4, -0.2) is 28.9 Å². The SMILES string of the molecule is O=c1c(I)cncn1CCOCC(F)(F)F. The van der Waals surface area contributed by atoms with Crippen LogP contribution in [0.25, 0.3) is 0 Å². The molecular formula is C8H8F3IN2O2. The number of nitrogens with zero attached hydrogens (tertiary/aromatic N) is 2. The Bertz CT molecular complexity index is 405. The number of halogens is 4. The van der Waals surface area contributed by atoms with Gasteiger partial charge >= 0.3 is 6.18 Å². The van der Waals surface area contributed by atoms with Gasteiger partial charge in [-0.1, -0.05) is 0 Å². The summed E-state index contributed by atoms with van der Waals surface area (Å²) in [6.07, 6.45) is -1.69. The van der Waals surface area contributed by atoms with E-state index in [1.54, 1.807) is 0 Å². The van der Waals surface area contributed by atoms with Crippen molar-refractivity contribution in [2.45, 2.75) is 12.7 Å². The first-order chi connectivity index (χ1) is 7.40. The molecule has 8 heteroatoms. The van der Waals surface area contributed by atoms with E-state index < -0.39 is 12.8 Å². The fraction of sp³-hybridized carbons (Fsp3) is 0.500. The van der Waals surface area contributed by atoms with E-state index in [2.05, 4.69) is 9.72 Å². The van der Waals surface area contributed by atoms with Crippen molar-refractivity contribution in [2.24, 2.45) is 0 Å². The lowest BCUT2D eigenvalue weighted by Gasteiger charge is -2.08. The first-order valence-corrected chi connectivity index (χ1v) is 5.32. The van der Waals surface area contributed by atoms with Crippen molar-refractivity contribution in [1.82, 2.24) is 9.55 Å². The molecule has 0 unspecified atom stereocenters. The van der Waals surface area contributed by atoms with Gasteiger partial charge in [0, 0.05) is 6.20 Å². The Balaban J connectivity index is 2.44. The molecule has 16 heavy (non-hydrogen) atoms. The van der Waals surface area contributed by atoms with E-state index in [9.17, 15) is 18.0 Å². The second-order valence-electron chi connectivity index (χ2n) is 2.91. The predicted octanol–water partition coefficient (Wildman–Crippen LogP) is 1.43. The Kier molecular flexibility index (Phi) is 4.71. The average molecular weight is 348 g/mol. The molecule has 0 fully saturated rings. The van der Waals surface area contributed by atoms with Gasteiger partial charge in [0.15, 0.2) is 0 Å². The summed E-state index contributed by atoms with van der Waals surface area (Å²) < 4.78 is 41.2. The number of alkyl halides is 3. The molecular weight excluding hydrogens is 340 g/mol. The van der Waals surface area contributed by atoms with Crippen LogP contribution in [0.2, 0.25) is 0 Å². The van der Waals surface area contributed by atoms with Crippen molar-refractivity contribution >= 4 is 22.6 Å². The van der Waals surface area contributed by atoms with Crippen LogP contribution in [0.1, 0.15) is 0 Å². The van der Waals surface area contributed by atoms with Crippen LogP contribution in [0.5, 0.6) is 0 Å². The quantitative estimate of drug-likeness (QED) is 0.611. The standard InChI is InChI=1S/C8H8F3IN2O2/c9-8(10,11)4-16-2-1-14-5-13-3-6(12)7(14)15/h3,5H,1-2,4H2. The lowest BCUT2D eigenvalue weighted by atomic mass is 10.6. The van der Waals surface area contributed by atoms with E-state index in [-0.39, 0.29) is 18.7 Å². The highest BCUT2D eigenvalue weighted by Gasteiger charge is 2.27. The summed E-state index contributed by atoms with van der Waals surface area (Å²) in [7, 11) is 0. The zero-order valence-corrected chi connectivity index (χ0v) is 10.2. The van der Waals surface area contributed by atoms with Crippen LogP contribution in [0.3, 0.4) is 0 Å².